The standard InChI is InChI=1S/C25H26N4O3S3/c1-14-7-9-16(10-8-14)26-25-27-17(12-34-25)11-32-24(31)15(2)33-13-20-28-22(30)21-18-5-3-4-6-19(18)35-23(21)29-20/h7-10,12,15H,3-6,11,13H2,1-2H3,(H,26,27)(H,28,29,30). The molecule has 1 aliphatic rings. The molecule has 0 amide bonds. The third kappa shape index (κ3) is 5.60. The SMILES string of the molecule is Cc1ccc(Nc2nc(COC(=O)C(C)SCc3nc4sc5c(c4c(=O)[nH]3)CCCC5)cs2)cc1. The molecular formula is C25H26N4O3S3. The summed E-state index contributed by atoms with van der Waals surface area (Å²) in [7, 11) is 0. The number of H-pyrrole nitrogens is 1. The van der Waals surface area contributed by atoms with Crippen LogP contribution in [0.25, 0.3) is 10.2 Å². The van der Waals surface area contributed by atoms with Crippen molar-refractivity contribution in [3.05, 3.63) is 67.5 Å². The van der Waals surface area contributed by atoms with Crippen LogP contribution in [0.2, 0.25) is 0 Å². The van der Waals surface area contributed by atoms with E-state index in [0.29, 0.717) is 17.3 Å². The zero-order valence-corrected chi connectivity index (χ0v) is 22.0. The molecule has 10 heteroatoms. The number of thioether (sulfide) groups is 1. The highest BCUT2D eigenvalue weighted by Gasteiger charge is 2.21. The highest BCUT2D eigenvalue weighted by atomic mass is 32.2. The number of thiazole rings is 1. The first-order chi connectivity index (χ1) is 17.0. The van der Waals surface area contributed by atoms with Crippen LogP contribution in [0.1, 0.15) is 47.3 Å². The number of carbonyl (C=O) groups is 1. The molecule has 4 aromatic rings. The van der Waals surface area contributed by atoms with Crippen molar-refractivity contribution in [3.8, 4) is 0 Å². The van der Waals surface area contributed by atoms with Gasteiger partial charge in [-0.2, -0.15) is 0 Å². The number of esters is 1. The van der Waals surface area contributed by atoms with Crippen molar-refractivity contribution in [1.29, 1.82) is 0 Å². The summed E-state index contributed by atoms with van der Waals surface area (Å²) in [6, 6.07) is 8.08. The molecule has 0 aliphatic heterocycles. The van der Waals surface area contributed by atoms with Crippen molar-refractivity contribution in [2.24, 2.45) is 0 Å². The van der Waals surface area contributed by atoms with Gasteiger partial charge in [0.2, 0.25) is 0 Å². The van der Waals surface area contributed by atoms with Crippen molar-refractivity contribution in [2.75, 3.05) is 5.32 Å². The lowest BCUT2D eigenvalue weighted by Crippen LogP contribution is -2.18. The van der Waals surface area contributed by atoms with Crippen molar-refractivity contribution in [2.45, 2.75) is 57.1 Å². The maximum Gasteiger partial charge on any atom is 0.319 e. The van der Waals surface area contributed by atoms with Gasteiger partial charge in [-0.25, -0.2) is 9.97 Å². The number of aromatic nitrogens is 3. The van der Waals surface area contributed by atoms with Gasteiger partial charge in [0.25, 0.3) is 5.56 Å². The van der Waals surface area contributed by atoms with Crippen molar-refractivity contribution in [1.82, 2.24) is 15.0 Å². The van der Waals surface area contributed by atoms with Gasteiger partial charge in [-0.15, -0.1) is 34.4 Å². The molecule has 1 atom stereocenters. The Morgan fingerprint density at radius 3 is 2.86 bits per heavy atom. The van der Waals surface area contributed by atoms with Crippen molar-refractivity contribution in [3.63, 3.8) is 0 Å². The Bertz CT molecular complexity index is 1410. The maximum absolute atomic E-state index is 12.7. The van der Waals surface area contributed by atoms with Crippen LogP contribution in [-0.4, -0.2) is 26.2 Å². The number of carbonyl (C=O) groups excluding carboxylic acids is 1. The van der Waals surface area contributed by atoms with Crippen molar-refractivity contribution >= 4 is 61.4 Å². The fourth-order valence-electron chi connectivity index (χ4n) is 4.00. The van der Waals surface area contributed by atoms with Crippen LogP contribution >= 0.6 is 34.4 Å². The molecule has 0 radical (unpaired) electrons. The predicted molar refractivity (Wildman–Crippen MR) is 144 cm³/mol. The summed E-state index contributed by atoms with van der Waals surface area (Å²) in [5.74, 6) is 0.717. The number of anilines is 2. The van der Waals surface area contributed by atoms with Crippen LogP contribution in [0, 0.1) is 6.92 Å². The van der Waals surface area contributed by atoms with Gasteiger partial charge >= 0.3 is 5.97 Å². The highest BCUT2D eigenvalue weighted by molar-refractivity contribution is 7.99. The van der Waals surface area contributed by atoms with Crippen LogP contribution in [0.15, 0.2) is 34.4 Å². The zero-order chi connectivity index (χ0) is 24.4. The Hall–Kier alpha value is -2.69. The topological polar surface area (TPSA) is 97.0 Å². The summed E-state index contributed by atoms with van der Waals surface area (Å²) < 4.78 is 5.47. The number of aryl methyl sites for hydroxylation is 3. The summed E-state index contributed by atoms with van der Waals surface area (Å²) in [6.45, 7) is 3.97. The fraction of sp³-hybridized carbons (Fsp3) is 0.360. The first-order valence-electron chi connectivity index (χ1n) is 11.6. The van der Waals surface area contributed by atoms with Gasteiger partial charge in [0.1, 0.15) is 22.5 Å². The van der Waals surface area contributed by atoms with E-state index < -0.39 is 5.25 Å². The van der Waals surface area contributed by atoms with E-state index >= 15 is 0 Å². The summed E-state index contributed by atoms with van der Waals surface area (Å²) >= 11 is 4.50. The number of benzene rings is 1. The Morgan fingerprint density at radius 2 is 2.03 bits per heavy atom. The van der Waals surface area contributed by atoms with Crippen LogP contribution in [-0.2, 0) is 34.7 Å². The number of ether oxygens (including phenoxy) is 1. The summed E-state index contributed by atoms with van der Waals surface area (Å²) in [5, 5.41) is 6.26. The van der Waals surface area contributed by atoms with E-state index in [9.17, 15) is 9.59 Å². The third-order valence-corrected chi connectivity index (χ3v) is 9.02. The van der Waals surface area contributed by atoms with Gasteiger partial charge in [-0.1, -0.05) is 17.7 Å². The van der Waals surface area contributed by atoms with Gasteiger partial charge in [0.15, 0.2) is 5.13 Å². The van der Waals surface area contributed by atoms with Crippen molar-refractivity contribution < 1.29 is 9.53 Å². The molecule has 5 rings (SSSR count). The average molecular weight is 527 g/mol. The third-order valence-electron chi connectivity index (χ3n) is 5.89. The van der Waals surface area contributed by atoms with E-state index in [2.05, 4.69) is 20.3 Å². The van der Waals surface area contributed by atoms with E-state index in [1.165, 1.54) is 45.5 Å². The first-order valence-corrected chi connectivity index (χ1v) is 14.3. The number of thiophene rings is 1. The van der Waals surface area contributed by atoms with E-state index in [-0.39, 0.29) is 18.1 Å². The summed E-state index contributed by atoms with van der Waals surface area (Å²) in [4.78, 5) is 39.4. The molecule has 0 bridgehead atoms. The molecule has 3 aromatic heterocycles. The number of aromatic amines is 1. The lowest BCUT2D eigenvalue weighted by molar-refractivity contribution is -0.144. The van der Waals surface area contributed by atoms with E-state index in [1.807, 2.05) is 36.6 Å². The maximum atomic E-state index is 12.7. The molecule has 182 valence electrons. The molecule has 1 aromatic carbocycles. The van der Waals surface area contributed by atoms with Gasteiger partial charge in [-0.05, 0) is 57.2 Å². The lowest BCUT2D eigenvalue weighted by Gasteiger charge is -2.11. The molecule has 7 nitrogen and oxygen atoms in total. The molecule has 1 unspecified atom stereocenters. The predicted octanol–water partition coefficient (Wildman–Crippen LogP) is 5.74. The van der Waals surface area contributed by atoms with Gasteiger partial charge in [-0.3, -0.25) is 9.59 Å². The van der Waals surface area contributed by atoms with E-state index in [4.69, 9.17) is 4.74 Å². The second kappa shape index (κ2) is 10.5. The molecule has 0 fully saturated rings. The summed E-state index contributed by atoms with van der Waals surface area (Å²) in [5.41, 5.74) is 3.97. The fourth-order valence-corrected chi connectivity index (χ4v) is 6.75. The van der Waals surface area contributed by atoms with Crippen LogP contribution in [0.5, 0.6) is 0 Å². The molecular weight excluding hydrogens is 501 g/mol. The zero-order valence-electron chi connectivity index (χ0n) is 19.6. The summed E-state index contributed by atoms with van der Waals surface area (Å²) in [6.07, 6.45) is 4.29. The average Bonchev–Trinajstić information content (AvgIpc) is 3.46. The smallest absolute Gasteiger partial charge is 0.319 e. The minimum atomic E-state index is -0.392. The van der Waals surface area contributed by atoms with Gasteiger partial charge in [0.05, 0.1) is 16.8 Å². The van der Waals surface area contributed by atoms with Gasteiger partial charge in [0, 0.05) is 15.9 Å². The number of rotatable bonds is 8. The molecule has 35 heavy (non-hydrogen) atoms. The normalized spacial score (nSPS) is 14.0. The largest absolute Gasteiger partial charge is 0.458 e. The Morgan fingerprint density at radius 1 is 1.23 bits per heavy atom. The number of nitrogens with one attached hydrogen (secondary N) is 2. The van der Waals surface area contributed by atoms with E-state index in [0.717, 1.165) is 40.3 Å². The van der Waals surface area contributed by atoms with Gasteiger partial charge < -0.3 is 15.0 Å². The minimum Gasteiger partial charge on any atom is -0.458 e. The Balaban J connectivity index is 1.14. The number of hydrogen-bond acceptors (Lipinski definition) is 9. The molecule has 3 heterocycles. The Kier molecular flexibility index (Phi) is 7.22. The van der Waals surface area contributed by atoms with Crippen LogP contribution in [0.3, 0.4) is 0 Å². The Labute approximate surface area is 215 Å². The monoisotopic (exact) mass is 526 g/mol. The second-order valence-corrected chi connectivity index (χ2v) is 11.9. The quantitative estimate of drug-likeness (QED) is 0.283. The minimum absolute atomic E-state index is 0.0705. The number of hydrogen-bond donors (Lipinski definition) is 2. The molecule has 0 saturated heterocycles. The van der Waals surface area contributed by atoms with Crippen LogP contribution < -0.4 is 10.9 Å². The van der Waals surface area contributed by atoms with E-state index in [1.54, 1.807) is 18.3 Å². The molecule has 1 aliphatic carbocycles. The van der Waals surface area contributed by atoms with Crippen LogP contribution in [0.4, 0.5) is 10.8 Å². The lowest BCUT2D eigenvalue weighted by atomic mass is 9.97. The molecule has 2 N–H and O–H groups in total. The number of nitrogens with zero attached hydrogens (tertiary/aromatic N) is 2. The highest BCUT2D eigenvalue weighted by Crippen LogP contribution is 2.33. The molecule has 0 spiro atoms. The molecule has 0 saturated carbocycles. The first kappa shape index (κ1) is 24.0. The second-order valence-electron chi connectivity index (χ2n) is 8.60. The number of fused-ring (bicyclic) bond motifs is 3.